The number of hydrogen-bond donors (Lipinski definition) is 2. The Bertz CT molecular complexity index is 1060. The average molecular weight is 545 g/mol. The second-order valence-electron chi connectivity index (χ2n) is 9.30. The second-order valence-corrected chi connectivity index (χ2v) is 10.3. The maximum atomic E-state index is 13.6. The summed E-state index contributed by atoms with van der Waals surface area (Å²) in [6.07, 6.45) is 7.75. The fraction of sp³-hybridized carbons (Fsp3) is 0.739. The van der Waals surface area contributed by atoms with Crippen molar-refractivity contribution < 1.29 is 37.4 Å². The van der Waals surface area contributed by atoms with Gasteiger partial charge in [0, 0.05) is 11.0 Å². The predicted octanol–water partition coefficient (Wildman–Crippen LogP) is 3.96. The summed E-state index contributed by atoms with van der Waals surface area (Å²) < 4.78 is 48.4. The van der Waals surface area contributed by atoms with Crippen LogP contribution in [0.3, 0.4) is 0 Å². The van der Waals surface area contributed by atoms with E-state index in [0.29, 0.717) is 0 Å². The van der Waals surface area contributed by atoms with E-state index < -0.39 is 44.8 Å². The van der Waals surface area contributed by atoms with Crippen molar-refractivity contribution in [2.24, 2.45) is 0 Å². The van der Waals surface area contributed by atoms with E-state index in [1.165, 1.54) is 43.0 Å². The third-order valence-corrected chi connectivity index (χ3v) is 6.95. The number of nitrogen functional groups attached to an aromatic ring is 1. The van der Waals surface area contributed by atoms with E-state index >= 15 is 0 Å². The summed E-state index contributed by atoms with van der Waals surface area (Å²) in [5.74, 6) is -0.741. The van der Waals surface area contributed by atoms with Gasteiger partial charge in [-0.2, -0.15) is 14.4 Å². The van der Waals surface area contributed by atoms with Gasteiger partial charge in [-0.1, -0.05) is 51.9 Å². The largest absolute Gasteiger partial charge is 0.698 e. The highest BCUT2D eigenvalue weighted by molar-refractivity contribution is 7.33. The van der Waals surface area contributed by atoms with Gasteiger partial charge in [0.15, 0.2) is 17.0 Å². The number of unbranched alkanes of at least 4 members (excludes halogenated alkanes) is 7. The van der Waals surface area contributed by atoms with Gasteiger partial charge in [-0.15, -0.1) is 9.05 Å². The summed E-state index contributed by atoms with van der Waals surface area (Å²) in [5.41, 5.74) is 4.75. The van der Waals surface area contributed by atoms with Crippen molar-refractivity contribution >= 4 is 31.2 Å². The first-order valence-electron chi connectivity index (χ1n) is 12.6. The first kappa shape index (κ1) is 29.2. The Hall–Kier alpha value is -2.31. The van der Waals surface area contributed by atoms with Crippen LogP contribution in [0.1, 0.15) is 77.9 Å². The molecular formula is C23H36FN5O7P+. The summed E-state index contributed by atoms with van der Waals surface area (Å²) in [5, 5.41) is 10.6. The molecular weight excluding hydrogens is 508 g/mol. The van der Waals surface area contributed by atoms with Crippen LogP contribution in [-0.2, 0) is 27.9 Å². The zero-order valence-corrected chi connectivity index (χ0v) is 22.2. The molecule has 3 heterocycles. The van der Waals surface area contributed by atoms with Crippen molar-refractivity contribution in [2.45, 2.75) is 89.6 Å². The molecule has 1 unspecified atom stereocenters. The molecule has 0 bridgehead atoms. The number of aromatic nitrogens is 4. The molecule has 0 aromatic carbocycles. The number of anilines is 1. The SMILES string of the molecule is CCCCCCCCCCOC(=O)CO[P+](=O)OC[C@@]1(C)O[C@@H](n2cnc3c(N)nc(F)nc32)C[C@@H]1O. The van der Waals surface area contributed by atoms with Crippen molar-refractivity contribution in [3.05, 3.63) is 12.4 Å². The molecule has 3 N–H and O–H groups in total. The number of halogens is 1. The molecule has 2 aromatic heterocycles. The van der Waals surface area contributed by atoms with Gasteiger partial charge in [0.2, 0.25) is 6.61 Å². The molecule has 0 spiro atoms. The average Bonchev–Trinajstić information content (AvgIpc) is 3.41. The molecule has 2 aromatic rings. The van der Waals surface area contributed by atoms with Gasteiger partial charge < -0.3 is 20.3 Å². The van der Waals surface area contributed by atoms with E-state index in [4.69, 9.17) is 24.3 Å². The number of nitrogens with two attached hydrogens (primary N) is 1. The third kappa shape index (κ3) is 8.34. The van der Waals surface area contributed by atoms with Crippen LogP contribution in [0.25, 0.3) is 11.2 Å². The molecule has 1 aliphatic heterocycles. The van der Waals surface area contributed by atoms with Crippen LogP contribution < -0.4 is 5.73 Å². The number of esters is 1. The Labute approximate surface area is 216 Å². The van der Waals surface area contributed by atoms with Crippen molar-refractivity contribution in [1.29, 1.82) is 0 Å². The molecule has 1 saturated heterocycles. The molecule has 12 nitrogen and oxygen atoms in total. The number of fused-ring (bicyclic) bond motifs is 1. The molecule has 37 heavy (non-hydrogen) atoms. The molecule has 206 valence electrons. The van der Waals surface area contributed by atoms with Crippen LogP contribution >= 0.6 is 8.25 Å². The third-order valence-electron chi connectivity index (χ3n) is 6.27. The van der Waals surface area contributed by atoms with Gasteiger partial charge in [-0.25, -0.2) is 9.78 Å². The van der Waals surface area contributed by atoms with Crippen LogP contribution in [0.4, 0.5) is 10.2 Å². The molecule has 0 saturated carbocycles. The fourth-order valence-electron chi connectivity index (χ4n) is 4.09. The second kappa shape index (κ2) is 14.0. The Morgan fingerprint density at radius 2 is 1.95 bits per heavy atom. The van der Waals surface area contributed by atoms with E-state index in [1.54, 1.807) is 6.92 Å². The van der Waals surface area contributed by atoms with Crippen molar-refractivity contribution in [2.75, 3.05) is 25.6 Å². The zero-order valence-electron chi connectivity index (χ0n) is 21.3. The lowest BCUT2D eigenvalue weighted by Crippen LogP contribution is -2.40. The topological polar surface area (TPSA) is 161 Å². The summed E-state index contributed by atoms with van der Waals surface area (Å²) in [6, 6.07) is 0. The quantitative estimate of drug-likeness (QED) is 0.136. The number of rotatable bonds is 16. The Balaban J connectivity index is 1.36. The number of aliphatic hydroxyl groups is 1. The lowest BCUT2D eigenvalue weighted by molar-refractivity contribution is -0.146. The van der Waals surface area contributed by atoms with Crippen LogP contribution in [0.15, 0.2) is 6.33 Å². The van der Waals surface area contributed by atoms with Crippen LogP contribution in [-0.4, -0.2) is 62.1 Å². The zero-order chi connectivity index (χ0) is 26.8. The van der Waals surface area contributed by atoms with Crippen molar-refractivity contribution in [1.82, 2.24) is 19.5 Å². The molecule has 3 rings (SSSR count). The number of nitrogens with zero attached hydrogens (tertiary/aromatic N) is 4. The van der Waals surface area contributed by atoms with Crippen molar-refractivity contribution in [3.63, 3.8) is 0 Å². The summed E-state index contributed by atoms with van der Waals surface area (Å²) in [4.78, 5) is 23.0. The normalized spacial score (nSPS) is 22.0. The number of imidazole rings is 1. The summed E-state index contributed by atoms with van der Waals surface area (Å²) >= 11 is 0. The number of ether oxygens (including phenoxy) is 2. The van der Waals surface area contributed by atoms with E-state index in [1.807, 2.05) is 0 Å². The lowest BCUT2D eigenvalue weighted by Gasteiger charge is -2.24. The molecule has 0 radical (unpaired) electrons. The highest BCUT2D eigenvalue weighted by Gasteiger charge is 2.48. The minimum absolute atomic E-state index is 0.111. The van der Waals surface area contributed by atoms with Gasteiger partial charge in [-0.3, -0.25) is 4.57 Å². The molecule has 0 amide bonds. The summed E-state index contributed by atoms with van der Waals surface area (Å²) in [7, 11) is -2.66. The Morgan fingerprint density at radius 1 is 1.24 bits per heavy atom. The van der Waals surface area contributed by atoms with E-state index in [2.05, 4.69) is 21.9 Å². The maximum absolute atomic E-state index is 13.6. The fourth-order valence-corrected chi connectivity index (χ4v) is 4.73. The molecule has 1 fully saturated rings. The molecule has 1 aliphatic rings. The standard InChI is InChI=1S/C23H36FN5O7P/c1-3-4-5-6-7-8-9-10-11-33-18(31)13-34-37(32)35-14-23(2)16(30)12-17(36-23)29-15-26-19-20(25)27-22(24)28-21(19)29/h15-17,30H,3-14H2,1-2H3,(H2,25,27,28)/q+1/t16-,17+,23+/m0/s1. The smallest absolute Gasteiger partial charge is 0.464 e. The first-order valence-corrected chi connectivity index (χ1v) is 13.7. The highest BCUT2D eigenvalue weighted by atomic mass is 31.1. The monoisotopic (exact) mass is 544 g/mol. The lowest BCUT2D eigenvalue weighted by atomic mass is 10.0. The number of carbonyl (C=O) groups is 1. The summed E-state index contributed by atoms with van der Waals surface area (Å²) in [6.45, 7) is 3.25. The molecule has 0 aliphatic carbocycles. The van der Waals surface area contributed by atoms with Gasteiger partial charge in [-0.05, 0) is 13.3 Å². The first-order chi connectivity index (χ1) is 17.7. The van der Waals surface area contributed by atoms with E-state index in [9.17, 15) is 18.9 Å². The number of carbonyl (C=O) groups excluding carboxylic acids is 1. The molecule has 4 atom stereocenters. The highest BCUT2D eigenvalue weighted by Crippen LogP contribution is 2.40. The minimum atomic E-state index is -2.66. The number of hydrogen-bond acceptors (Lipinski definition) is 11. The molecule has 14 heteroatoms. The van der Waals surface area contributed by atoms with Crippen LogP contribution in [0.5, 0.6) is 0 Å². The van der Waals surface area contributed by atoms with Crippen LogP contribution in [0, 0.1) is 6.08 Å². The Morgan fingerprint density at radius 3 is 2.68 bits per heavy atom. The van der Waals surface area contributed by atoms with E-state index in [-0.39, 0.29) is 36.6 Å². The van der Waals surface area contributed by atoms with Gasteiger partial charge >= 0.3 is 20.3 Å². The Kier molecular flexibility index (Phi) is 11.1. The predicted molar refractivity (Wildman–Crippen MR) is 132 cm³/mol. The van der Waals surface area contributed by atoms with Gasteiger partial charge in [0.05, 0.1) is 19.0 Å². The minimum Gasteiger partial charge on any atom is -0.464 e. The van der Waals surface area contributed by atoms with Gasteiger partial charge in [0.25, 0.3) is 0 Å². The number of aliphatic hydroxyl groups excluding tert-OH is 1. The van der Waals surface area contributed by atoms with E-state index in [0.717, 1.165) is 19.3 Å². The van der Waals surface area contributed by atoms with Gasteiger partial charge in [0.1, 0.15) is 18.4 Å². The van der Waals surface area contributed by atoms with Crippen LogP contribution in [0.2, 0.25) is 0 Å². The maximum Gasteiger partial charge on any atom is 0.698 e. The van der Waals surface area contributed by atoms with Crippen molar-refractivity contribution in [3.8, 4) is 0 Å².